The minimum atomic E-state index is -0.843. The molecule has 0 amide bonds. The summed E-state index contributed by atoms with van der Waals surface area (Å²) in [5.74, 6) is 0.127. The summed E-state index contributed by atoms with van der Waals surface area (Å²) in [4.78, 5) is 20.9. The molecule has 0 aliphatic heterocycles. The lowest BCUT2D eigenvalue weighted by Gasteiger charge is -2.11. The van der Waals surface area contributed by atoms with E-state index in [0.29, 0.717) is 30.6 Å². The Kier molecular flexibility index (Phi) is 11.3. The average Bonchev–Trinajstić information content (AvgIpc) is 2.92. The fourth-order valence-corrected chi connectivity index (χ4v) is 3.57. The predicted molar refractivity (Wildman–Crippen MR) is 143 cm³/mol. The van der Waals surface area contributed by atoms with Crippen molar-refractivity contribution in [2.24, 2.45) is 5.92 Å². The van der Waals surface area contributed by atoms with E-state index >= 15 is 0 Å². The highest BCUT2D eigenvalue weighted by atomic mass is 19.1. The van der Waals surface area contributed by atoms with Crippen LogP contribution >= 0.6 is 0 Å². The highest BCUT2D eigenvalue weighted by Gasteiger charge is 2.16. The van der Waals surface area contributed by atoms with Crippen molar-refractivity contribution in [2.45, 2.75) is 65.7 Å². The van der Waals surface area contributed by atoms with Crippen LogP contribution in [-0.2, 0) is 0 Å². The Hall–Kier alpha value is -3.48. The van der Waals surface area contributed by atoms with Gasteiger partial charge in [-0.1, -0.05) is 59.3 Å². The van der Waals surface area contributed by atoms with Crippen molar-refractivity contribution in [1.82, 2.24) is 9.97 Å². The molecule has 6 nitrogen and oxygen atoms in total. The zero-order valence-corrected chi connectivity index (χ0v) is 22.0. The van der Waals surface area contributed by atoms with Gasteiger partial charge in [0.05, 0.1) is 36.9 Å². The average molecular weight is 509 g/mol. The van der Waals surface area contributed by atoms with Crippen LogP contribution in [0.4, 0.5) is 4.39 Å². The second-order valence-electron chi connectivity index (χ2n) is 9.24. The van der Waals surface area contributed by atoms with Crippen LogP contribution in [0.15, 0.2) is 54.9 Å². The first kappa shape index (κ1) is 28.1. The Bertz CT molecular complexity index is 1100. The minimum Gasteiger partial charge on any atom is -0.493 e. The molecule has 0 N–H and O–H groups in total. The molecule has 0 saturated heterocycles. The Morgan fingerprint density at radius 3 is 2.30 bits per heavy atom. The largest absolute Gasteiger partial charge is 0.493 e. The summed E-state index contributed by atoms with van der Waals surface area (Å²) in [6, 6.07) is 11.7. The van der Waals surface area contributed by atoms with Crippen molar-refractivity contribution >= 4 is 5.97 Å². The highest BCUT2D eigenvalue weighted by molar-refractivity contribution is 5.91. The number of aromatic nitrogens is 2. The number of benzene rings is 2. The lowest BCUT2D eigenvalue weighted by Crippen LogP contribution is -2.12. The van der Waals surface area contributed by atoms with E-state index in [9.17, 15) is 9.18 Å². The highest BCUT2D eigenvalue weighted by Crippen LogP contribution is 2.23. The summed E-state index contributed by atoms with van der Waals surface area (Å²) in [6.45, 7) is 7.66. The van der Waals surface area contributed by atoms with Gasteiger partial charge in [0, 0.05) is 11.6 Å². The van der Waals surface area contributed by atoms with Crippen molar-refractivity contribution in [1.29, 1.82) is 0 Å². The quantitative estimate of drug-likeness (QED) is 0.155. The maximum Gasteiger partial charge on any atom is 0.347 e. The SMILES string of the molecule is CCCCCCCCOc1ccc(C(=O)Oc2cnc(-c3ccc(OCC(C)CC)cc3)cn2)c(F)c1. The van der Waals surface area contributed by atoms with E-state index in [1.54, 1.807) is 6.07 Å². The second kappa shape index (κ2) is 14.9. The zero-order valence-electron chi connectivity index (χ0n) is 22.0. The van der Waals surface area contributed by atoms with Crippen molar-refractivity contribution in [2.75, 3.05) is 13.2 Å². The lowest BCUT2D eigenvalue weighted by molar-refractivity contribution is 0.0722. The van der Waals surface area contributed by atoms with Gasteiger partial charge in [0.15, 0.2) is 0 Å². The summed E-state index contributed by atoms with van der Waals surface area (Å²) in [5, 5.41) is 0. The number of hydrogen-bond donors (Lipinski definition) is 0. The van der Waals surface area contributed by atoms with Gasteiger partial charge in [0.1, 0.15) is 17.3 Å². The van der Waals surface area contributed by atoms with Crippen molar-refractivity contribution in [3.8, 4) is 28.6 Å². The summed E-state index contributed by atoms with van der Waals surface area (Å²) < 4.78 is 31.2. The van der Waals surface area contributed by atoms with Gasteiger partial charge in [-0.15, -0.1) is 0 Å². The van der Waals surface area contributed by atoms with Crippen molar-refractivity contribution in [3.63, 3.8) is 0 Å². The van der Waals surface area contributed by atoms with Crippen LogP contribution < -0.4 is 14.2 Å². The molecule has 0 fully saturated rings. The molecule has 2 aromatic carbocycles. The van der Waals surface area contributed by atoms with Gasteiger partial charge in [-0.25, -0.2) is 19.2 Å². The first-order valence-corrected chi connectivity index (χ1v) is 13.2. The maximum absolute atomic E-state index is 14.5. The molecular weight excluding hydrogens is 471 g/mol. The first-order valence-electron chi connectivity index (χ1n) is 13.2. The third-order valence-electron chi connectivity index (χ3n) is 6.13. The van der Waals surface area contributed by atoms with Gasteiger partial charge >= 0.3 is 5.97 Å². The van der Waals surface area contributed by atoms with Gasteiger partial charge in [-0.3, -0.25) is 0 Å². The first-order chi connectivity index (χ1) is 18.0. The van der Waals surface area contributed by atoms with Crippen LogP contribution in [0.25, 0.3) is 11.3 Å². The fourth-order valence-electron chi connectivity index (χ4n) is 3.57. The molecule has 1 atom stereocenters. The van der Waals surface area contributed by atoms with Crippen LogP contribution in [0.3, 0.4) is 0 Å². The van der Waals surface area contributed by atoms with Crippen LogP contribution in [0.2, 0.25) is 0 Å². The van der Waals surface area contributed by atoms with E-state index in [1.807, 2.05) is 24.3 Å². The number of rotatable bonds is 15. The molecule has 198 valence electrons. The summed E-state index contributed by atoms with van der Waals surface area (Å²) in [7, 11) is 0. The third-order valence-corrected chi connectivity index (χ3v) is 6.13. The number of carbonyl (C=O) groups excluding carboxylic acids is 1. The lowest BCUT2D eigenvalue weighted by atomic mass is 10.1. The Morgan fingerprint density at radius 1 is 0.892 bits per heavy atom. The van der Waals surface area contributed by atoms with E-state index in [1.165, 1.54) is 50.2 Å². The molecule has 0 bridgehead atoms. The molecule has 37 heavy (non-hydrogen) atoms. The molecule has 3 aromatic rings. The molecule has 3 rings (SSSR count). The number of ether oxygens (including phenoxy) is 3. The van der Waals surface area contributed by atoms with E-state index < -0.39 is 11.8 Å². The smallest absolute Gasteiger partial charge is 0.347 e. The molecule has 0 radical (unpaired) electrons. The predicted octanol–water partition coefficient (Wildman–Crippen LogP) is 7.67. The number of hydrogen-bond acceptors (Lipinski definition) is 6. The van der Waals surface area contributed by atoms with E-state index in [4.69, 9.17) is 14.2 Å². The van der Waals surface area contributed by atoms with Crippen molar-refractivity contribution in [3.05, 3.63) is 66.2 Å². The number of carbonyl (C=O) groups is 1. The van der Waals surface area contributed by atoms with Crippen LogP contribution in [0.1, 0.15) is 76.1 Å². The Morgan fingerprint density at radius 2 is 1.62 bits per heavy atom. The number of halogens is 1. The molecule has 0 spiro atoms. The minimum absolute atomic E-state index is 0.00921. The standard InChI is InChI=1S/C30H37FN2O4/c1-4-6-7-8-9-10-17-35-25-15-16-26(27(31)18-25)30(34)37-29-20-32-28(19-33-29)23-11-13-24(14-12-23)36-21-22(3)5-2/h11-16,18-20,22H,4-10,17,21H2,1-3H3. The maximum atomic E-state index is 14.5. The van der Waals surface area contributed by atoms with Crippen LogP contribution in [0.5, 0.6) is 17.4 Å². The summed E-state index contributed by atoms with van der Waals surface area (Å²) in [5.41, 5.74) is 1.28. The summed E-state index contributed by atoms with van der Waals surface area (Å²) >= 11 is 0. The van der Waals surface area contributed by atoms with E-state index in [2.05, 4.69) is 30.7 Å². The monoisotopic (exact) mass is 508 g/mol. The van der Waals surface area contributed by atoms with Gasteiger partial charge in [-0.05, 0) is 48.7 Å². The molecular formula is C30H37FN2O4. The normalized spacial score (nSPS) is 11.7. The fraction of sp³-hybridized carbons (Fsp3) is 0.433. The molecule has 0 saturated carbocycles. The number of esters is 1. The van der Waals surface area contributed by atoms with Gasteiger partial charge < -0.3 is 14.2 Å². The molecule has 7 heteroatoms. The van der Waals surface area contributed by atoms with Crippen molar-refractivity contribution < 1.29 is 23.4 Å². The third kappa shape index (κ3) is 9.16. The van der Waals surface area contributed by atoms with Crippen LogP contribution in [0, 0.1) is 11.7 Å². The number of nitrogens with zero attached hydrogens (tertiary/aromatic N) is 2. The molecule has 1 unspecified atom stereocenters. The molecule has 1 aromatic heterocycles. The summed E-state index contributed by atoms with van der Waals surface area (Å²) in [6.07, 6.45) is 10.8. The van der Waals surface area contributed by atoms with Gasteiger partial charge in [0.25, 0.3) is 0 Å². The molecule has 0 aliphatic rings. The topological polar surface area (TPSA) is 70.5 Å². The van der Waals surface area contributed by atoms with Gasteiger partial charge in [-0.2, -0.15) is 0 Å². The zero-order chi connectivity index (χ0) is 26.5. The molecule has 1 heterocycles. The number of unbranched alkanes of at least 4 members (excludes halogenated alkanes) is 5. The van der Waals surface area contributed by atoms with E-state index in [-0.39, 0.29) is 11.4 Å². The Balaban J connectivity index is 1.50. The van der Waals surface area contributed by atoms with Gasteiger partial charge in [0.2, 0.25) is 5.88 Å². The van der Waals surface area contributed by atoms with E-state index in [0.717, 1.165) is 30.6 Å². The Labute approximate surface area is 219 Å². The van der Waals surface area contributed by atoms with Crippen LogP contribution in [-0.4, -0.2) is 29.2 Å². The molecule has 0 aliphatic carbocycles. The second-order valence-corrected chi connectivity index (χ2v) is 9.24.